The van der Waals surface area contributed by atoms with E-state index in [1.165, 1.54) is 16.2 Å². The van der Waals surface area contributed by atoms with Gasteiger partial charge < -0.3 is 10.0 Å². The second-order valence-corrected chi connectivity index (χ2v) is 8.54. The summed E-state index contributed by atoms with van der Waals surface area (Å²) in [5, 5.41) is 12.0. The summed E-state index contributed by atoms with van der Waals surface area (Å²) >= 11 is 1.44. The van der Waals surface area contributed by atoms with Crippen molar-refractivity contribution in [3.8, 4) is 10.6 Å². The number of amides is 1. The molecule has 2 heterocycles. The highest BCUT2D eigenvalue weighted by atomic mass is 32.2. The lowest BCUT2D eigenvalue weighted by atomic mass is 10.1. The summed E-state index contributed by atoms with van der Waals surface area (Å²) in [5.74, 6) is 0. The lowest BCUT2D eigenvalue weighted by molar-refractivity contribution is 0.137. The van der Waals surface area contributed by atoms with Crippen LogP contribution in [-0.4, -0.2) is 54.1 Å². The number of carboxylic acid groups (broad SMARTS) is 1. The number of alkyl halides is 1. The van der Waals surface area contributed by atoms with Crippen molar-refractivity contribution in [3.05, 3.63) is 41.4 Å². The average Bonchev–Trinajstić information content (AvgIpc) is 3.24. The number of sulfonamides is 1. The van der Waals surface area contributed by atoms with Crippen molar-refractivity contribution in [2.24, 2.45) is 0 Å². The minimum atomic E-state index is -4.07. The number of nitrogens with zero attached hydrogens (tertiary/aromatic N) is 2. The van der Waals surface area contributed by atoms with Gasteiger partial charge in [0.25, 0.3) is 0 Å². The molecule has 26 heavy (non-hydrogen) atoms. The van der Waals surface area contributed by atoms with E-state index in [9.17, 15) is 22.7 Å². The van der Waals surface area contributed by atoms with E-state index >= 15 is 0 Å². The van der Waals surface area contributed by atoms with E-state index < -0.39 is 34.2 Å². The molecule has 1 aromatic heterocycles. The molecular weight excluding hydrogens is 381 g/mol. The fourth-order valence-corrected chi connectivity index (χ4v) is 4.71. The van der Waals surface area contributed by atoms with Gasteiger partial charge in [-0.2, -0.15) is 0 Å². The van der Waals surface area contributed by atoms with Crippen molar-refractivity contribution in [3.63, 3.8) is 0 Å². The highest BCUT2D eigenvalue weighted by Crippen LogP contribution is 2.27. The van der Waals surface area contributed by atoms with Gasteiger partial charge in [0, 0.05) is 30.0 Å². The lowest BCUT2D eigenvalue weighted by Crippen LogP contribution is -2.47. The van der Waals surface area contributed by atoms with Crippen molar-refractivity contribution in [2.75, 3.05) is 12.6 Å². The maximum absolute atomic E-state index is 12.6. The molecule has 2 N–H and O–H groups in total. The topological polar surface area (TPSA) is 99.6 Å². The summed E-state index contributed by atoms with van der Waals surface area (Å²) in [6, 6.07) is 6.75. The molecule has 1 amide bonds. The Labute approximate surface area is 154 Å². The normalized spacial score (nSPS) is 20.4. The summed E-state index contributed by atoms with van der Waals surface area (Å²) in [6.45, 7) is 0.190. The van der Waals surface area contributed by atoms with Crippen LogP contribution in [0.5, 0.6) is 0 Å². The van der Waals surface area contributed by atoms with E-state index in [0.717, 1.165) is 10.6 Å². The average molecular weight is 399 g/mol. The third-order valence-electron chi connectivity index (χ3n) is 4.26. The zero-order chi connectivity index (χ0) is 18.7. The van der Waals surface area contributed by atoms with Gasteiger partial charge in [-0.25, -0.2) is 27.3 Å². The number of hydrogen-bond donors (Lipinski definition) is 2. The first-order chi connectivity index (χ1) is 12.4. The first-order valence-corrected chi connectivity index (χ1v) is 10.5. The van der Waals surface area contributed by atoms with Gasteiger partial charge in [0.05, 0.1) is 11.7 Å². The van der Waals surface area contributed by atoms with Crippen molar-refractivity contribution < 1.29 is 22.7 Å². The predicted octanol–water partition coefficient (Wildman–Crippen LogP) is 2.32. The first-order valence-electron chi connectivity index (χ1n) is 7.95. The zero-order valence-electron chi connectivity index (χ0n) is 13.7. The maximum atomic E-state index is 12.6. The summed E-state index contributed by atoms with van der Waals surface area (Å²) in [6.07, 6.45) is -0.573. The summed E-state index contributed by atoms with van der Waals surface area (Å²) in [7, 11) is -4.07. The van der Waals surface area contributed by atoms with Gasteiger partial charge in [-0.3, -0.25) is 0 Å². The molecule has 2 unspecified atom stereocenters. The Morgan fingerprint density at radius 2 is 2.12 bits per heavy atom. The van der Waals surface area contributed by atoms with Crippen LogP contribution in [0.1, 0.15) is 12.1 Å². The van der Waals surface area contributed by atoms with Gasteiger partial charge in [0.1, 0.15) is 5.01 Å². The number of carbonyl (C=O) groups is 1. The molecule has 2 atom stereocenters. The van der Waals surface area contributed by atoms with Crippen molar-refractivity contribution in [1.82, 2.24) is 14.6 Å². The first kappa shape index (κ1) is 18.7. The largest absolute Gasteiger partial charge is 0.465 e. The Morgan fingerprint density at radius 3 is 2.77 bits per heavy atom. The molecular formula is C16H18FN3O4S2. The number of benzene rings is 1. The maximum Gasteiger partial charge on any atom is 0.407 e. The molecule has 1 fully saturated rings. The quantitative estimate of drug-likeness (QED) is 0.777. The monoisotopic (exact) mass is 399 g/mol. The van der Waals surface area contributed by atoms with Crippen LogP contribution in [0.2, 0.25) is 0 Å². The molecule has 10 heteroatoms. The van der Waals surface area contributed by atoms with E-state index in [-0.39, 0.29) is 13.0 Å². The second kappa shape index (κ2) is 7.68. The van der Waals surface area contributed by atoms with Crippen molar-refractivity contribution in [1.29, 1.82) is 0 Å². The third-order valence-corrected chi connectivity index (χ3v) is 6.15. The zero-order valence-corrected chi connectivity index (χ0v) is 15.3. The molecule has 1 aliphatic heterocycles. The van der Waals surface area contributed by atoms with Crippen molar-refractivity contribution in [2.45, 2.75) is 24.9 Å². The van der Waals surface area contributed by atoms with Crippen LogP contribution in [0.25, 0.3) is 10.6 Å². The van der Waals surface area contributed by atoms with E-state index in [2.05, 4.69) is 9.71 Å². The van der Waals surface area contributed by atoms with Gasteiger partial charge in [0.2, 0.25) is 16.0 Å². The van der Waals surface area contributed by atoms with Gasteiger partial charge in [-0.05, 0) is 6.42 Å². The van der Waals surface area contributed by atoms with Crippen molar-refractivity contribution >= 4 is 27.5 Å². The molecule has 1 aromatic carbocycles. The third kappa shape index (κ3) is 4.19. The van der Waals surface area contributed by atoms with Gasteiger partial charge in [0.15, 0.2) is 0 Å². The van der Waals surface area contributed by atoms with E-state index in [4.69, 9.17) is 0 Å². The fraction of sp³-hybridized carbons (Fsp3) is 0.375. The van der Waals surface area contributed by atoms with E-state index in [1.54, 1.807) is 0 Å². The number of nitrogens with one attached hydrogen (secondary N) is 1. The molecule has 0 spiro atoms. The highest BCUT2D eigenvalue weighted by Gasteiger charge is 2.39. The molecule has 0 radical (unpaired) electrons. The molecule has 1 aliphatic rings. The van der Waals surface area contributed by atoms with Crippen LogP contribution in [0.4, 0.5) is 9.18 Å². The Hall–Kier alpha value is -2.04. The Kier molecular flexibility index (Phi) is 5.54. The number of halogens is 1. The summed E-state index contributed by atoms with van der Waals surface area (Å²) < 4.78 is 38.0. The molecule has 0 aliphatic carbocycles. The van der Waals surface area contributed by atoms with Crippen LogP contribution in [-0.2, 0) is 16.4 Å². The van der Waals surface area contributed by atoms with Gasteiger partial charge in [-0.15, -0.1) is 11.3 Å². The molecule has 140 valence electrons. The molecule has 1 saturated heterocycles. The van der Waals surface area contributed by atoms with E-state index in [0.29, 0.717) is 12.1 Å². The number of rotatable bonds is 6. The SMILES string of the molecule is O=C(O)N1CCC(NS(=O)(=O)CF)C1Cc1csc(-c2ccccc2)n1. The molecule has 0 bridgehead atoms. The minimum Gasteiger partial charge on any atom is -0.465 e. The summed E-state index contributed by atoms with van der Waals surface area (Å²) in [5.41, 5.74) is 1.64. The molecule has 2 aromatic rings. The Bertz CT molecular complexity index is 873. The van der Waals surface area contributed by atoms with Crippen LogP contribution in [0.15, 0.2) is 35.7 Å². The number of aromatic nitrogens is 1. The smallest absolute Gasteiger partial charge is 0.407 e. The minimum absolute atomic E-state index is 0.190. The second-order valence-electron chi connectivity index (χ2n) is 5.99. The van der Waals surface area contributed by atoms with Crippen LogP contribution >= 0.6 is 11.3 Å². The van der Waals surface area contributed by atoms with E-state index in [1.807, 2.05) is 35.7 Å². The van der Waals surface area contributed by atoms with Gasteiger partial charge >= 0.3 is 6.09 Å². The molecule has 7 nitrogen and oxygen atoms in total. The highest BCUT2D eigenvalue weighted by molar-refractivity contribution is 7.89. The summed E-state index contributed by atoms with van der Waals surface area (Å²) in [4.78, 5) is 17.2. The number of likely N-dealkylation sites (tertiary alicyclic amines) is 1. The fourth-order valence-electron chi connectivity index (χ4n) is 3.07. The Morgan fingerprint density at radius 1 is 1.38 bits per heavy atom. The standard InChI is InChI=1S/C16H18FN3O4S2/c17-10-26(23,24)19-13-6-7-20(16(21)22)14(13)8-12-9-25-15(18-12)11-4-2-1-3-5-11/h1-5,9,13-14,19H,6-8,10H2,(H,21,22). The lowest BCUT2D eigenvalue weighted by Gasteiger charge is -2.25. The number of hydrogen-bond acceptors (Lipinski definition) is 5. The molecule has 3 rings (SSSR count). The van der Waals surface area contributed by atoms with Gasteiger partial charge in [-0.1, -0.05) is 30.3 Å². The van der Waals surface area contributed by atoms with Crippen LogP contribution in [0.3, 0.4) is 0 Å². The molecule has 0 saturated carbocycles. The Balaban J connectivity index is 1.80. The van der Waals surface area contributed by atoms with Crippen LogP contribution < -0.4 is 4.72 Å². The predicted molar refractivity (Wildman–Crippen MR) is 96.2 cm³/mol. The van der Waals surface area contributed by atoms with Crippen LogP contribution in [0, 0.1) is 0 Å². The number of thiazole rings is 1.